The van der Waals surface area contributed by atoms with Crippen LogP contribution in [0.4, 0.5) is 0 Å². The number of benzene rings is 3. The molecule has 0 radical (unpaired) electrons. The number of methoxy groups -OCH3 is 2. The Morgan fingerprint density at radius 2 is 1.84 bits per heavy atom. The van der Waals surface area contributed by atoms with Gasteiger partial charge in [-0.3, -0.25) is 4.79 Å². The van der Waals surface area contributed by atoms with E-state index in [1.807, 2.05) is 30.3 Å². The number of aromatic nitrogens is 2. The van der Waals surface area contributed by atoms with Crippen molar-refractivity contribution >= 4 is 59.9 Å². The minimum atomic E-state index is -0.370. The fourth-order valence-corrected chi connectivity index (χ4v) is 4.86. The Morgan fingerprint density at radius 1 is 1.05 bits per heavy atom. The van der Waals surface area contributed by atoms with Gasteiger partial charge in [0.2, 0.25) is 5.82 Å². The van der Waals surface area contributed by atoms with E-state index < -0.39 is 0 Å². The first-order valence-electron chi connectivity index (χ1n) is 11.2. The van der Waals surface area contributed by atoms with Crippen LogP contribution in [0.2, 0.25) is 0 Å². The Labute approximate surface area is 233 Å². The molecular formula is C27H18Br2N4O5. The summed E-state index contributed by atoms with van der Waals surface area (Å²) in [5, 5.41) is 14.6. The van der Waals surface area contributed by atoms with E-state index in [9.17, 15) is 4.79 Å². The third kappa shape index (κ3) is 4.53. The van der Waals surface area contributed by atoms with Crippen molar-refractivity contribution in [3.05, 3.63) is 79.5 Å². The fraction of sp³-hybridized carbons (Fsp3) is 0.111. The van der Waals surface area contributed by atoms with Gasteiger partial charge in [-0.1, -0.05) is 18.2 Å². The maximum absolute atomic E-state index is 13.6. The van der Waals surface area contributed by atoms with Gasteiger partial charge in [0, 0.05) is 10.0 Å². The summed E-state index contributed by atoms with van der Waals surface area (Å²) in [6.45, 7) is -0.154. The Bertz CT molecular complexity index is 1820. The Morgan fingerprint density at radius 3 is 2.61 bits per heavy atom. The molecule has 2 aromatic heterocycles. The first-order chi connectivity index (χ1) is 18.5. The van der Waals surface area contributed by atoms with Crippen molar-refractivity contribution in [2.45, 2.75) is 0 Å². The zero-order valence-electron chi connectivity index (χ0n) is 20.1. The summed E-state index contributed by atoms with van der Waals surface area (Å²) in [6.07, 6.45) is 1.50. The first kappa shape index (κ1) is 25.5. The number of fused-ring (bicyclic) bond motifs is 2. The molecule has 0 aliphatic carbocycles. The molecule has 0 aliphatic rings. The minimum Gasteiger partial charge on any atom is -0.496 e. The van der Waals surface area contributed by atoms with E-state index in [1.165, 1.54) is 18.0 Å². The van der Waals surface area contributed by atoms with E-state index in [0.717, 1.165) is 5.39 Å². The van der Waals surface area contributed by atoms with Crippen LogP contribution in [0.5, 0.6) is 17.2 Å². The molecule has 5 aromatic rings. The number of nitrogens with zero attached hydrogens (tertiary/aromatic N) is 4. The van der Waals surface area contributed by atoms with Crippen molar-refractivity contribution in [1.82, 2.24) is 9.66 Å². The van der Waals surface area contributed by atoms with Gasteiger partial charge < -0.3 is 18.6 Å². The summed E-state index contributed by atoms with van der Waals surface area (Å²) in [6, 6.07) is 17.9. The van der Waals surface area contributed by atoms with Gasteiger partial charge in [-0.25, -0.2) is 4.98 Å². The summed E-state index contributed by atoms with van der Waals surface area (Å²) in [7, 11) is 3.07. The summed E-state index contributed by atoms with van der Waals surface area (Å²) in [5.41, 5.74) is 1.30. The van der Waals surface area contributed by atoms with Crippen LogP contribution >= 0.6 is 31.9 Å². The molecule has 0 amide bonds. The van der Waals surface area contributed by atoms with E-state index in [2.05, 4.69) is 37.0 Å². The molecule has 0 spiro atoms. The van der Waals surface area contributed by atoms with Crippen LogP contribution in [0.1, 0.15) is 5.56 Å². The monoisotopic (exact) mass is 636 g/mol. The van der Waals surface area contributed by atoms with Crippen LogP contribution in [-0.4, -0.2) is 36.7 Å². The lowest BCUT2D eigenvalue weighted by atomic mass is 10.2. The molecular weight excluding hydrogens is 620 g/mol. The maximum Gasteiger partial charge on any atom is 0.282 e. The number of hydrogen-bond acceptors (Lipinski definition) is 8. The van der Waals surface area contributed by atoms with Crippen molar-refractivity contribution < 1.29 is 18.6 Å². The largest absolute Gasteiger partial charge is 0.496 e. The van der Waals surface area contributed by atoms with Gasteiger partial charge in [0.15, 0.2) is 23.9 Å². The Balaban J connectivity index is 1.70. The third-order valence-electron chi connectivity index (χ3n) is 5.68. The van der Waals surface area contributed by atoms with Crippen LogP contribution in [-0.2, 0) is 0 Å². The Kier molecular flexibility index (Phi) is 7.18. The van der Waals surface area contributed by atoms with Gasteiger partial charge in [0.25, 0.3) is 5.56 Å². The molecule has 5 rings (SSSR count). The molecule has 3 aromatic carbocycles. The van der Waals surface area contributed by atoms with Gasteiger partial charge >= 0.3 is 0 Å². The van der Waals surface area contributed by atoms with Crippen LogP contribution in [0.3, 0.4) is 0 Å². The van der Waals surface area contributed by atoms with E-state index in [4.69, 9.17) is 28.9 Å². The molecule has 0 aliphatic heterocycles. The normalized spacial score (nSPS) is 11.2. The standard InChI is InChI=1S/C27H18Br2N4O5/c1-35-19-8-5-9-20-17(19)13-22(38-20)26-32-18-7-4-3-6-16(18)27(34)33(26)31-14-15-12-21(36-2)25(37-11-10-30)24(29)23(15)28/h3-9,12-14H,11H2,1-2H3. The molecule has 0 N–H and O–H groups in total. The molecule has 0 fully saturated rings. The second kappa shape index (κ2) is 10.7. The molecule has 0 unspecified atom stereocenters. The van der Waals surface area contributed by atoms with Gasteiger partial charge in [0.1, 0.15) is 17.4 Å². The summed E-state index contributed by atoms with van der Waals surface area (Å²) in [4.78, 5) is 18.3. The SMILES string of the molecule is COc1cc(C=Nn2c(-c3cc4c(OC)cccc4o3)nc3ccccc3c2=O)c(Br)c(Br)c1OCC#N. The molecule has 0 bridgehead atoms. The maximum atomic E-state index is 13.6. The van der Waals surface area contributed by atoms with Crippen molar-refractivity contribution in [2.75, 3.05) is 20.8 Å². The average molecular weight is 638 g/mol. The third-order valence-corrected chi connectivity index (χ3v) is 7.83. The van der Waals surface area contributed by atoms with E-state index in [1.54, 1.807) is 37.4 Å². The molecule has 0 saturated heterocycles. The highest BCUT2D eigenvalue weighted by molar-refractivity contribution is 9.13. The van der Waals surface area contributed by atoms with Crippen LogP contribution in [0, 0.1) is 11.3 Å². The van der Waals surface area contributed by atoms with Gasteiger partial charge in [-0.05, 0) is 68.3 Å². The topological polar surface area (TPSA) is 112 Å². The van der Waals surface area contributed by atoms with Crippen LogP contribution < -0.4 is 19.8 Å². The lowest BCUT2D eigenvalue weighted by Gasteiger charge is -2.13. The second-order valence-electron chi connectivity index (χ2n) is 7.87. The lowest BCUT2D eigenvalue weighted by Crippen LogP contribution is -2.20. The second-order valence-corrected chi connectivity index (χ2v) is 9.45. The minimum absolute atomic E-state index is 0.154. The number of rotatable bonds is 7. The number of furan rings is 1. The summed E-state index contributed by atoms with van der Waals surface area (Å²) >= 11 is 7.01. The number of nitriles is 1. The zero-order valence-corrected chi connectivity index (χ0v) is 23.2. The molecule has 9 nitrogen and oxygen atoms in total. The van der Waals surface area contributed by atoms with Crippen molar-refractivity contribution in [3.63, 3.8) is 0 Å². The number of para-hydroxylation sites is 1. The quantitative estimate of drug-likeness (QED) is 0.197. The highest BCUT2D eigenvalue weighted by Crippen LogP contribution is 2.42. The Hall–Kier alpha value is -4.14. The van der Waals surface area contributed by atoms with Gasteiger partial charge in [-0.2, -0.15) is 15.0 Å². The van der Waals surface area contributed by atoms with Gasteiger partial charge in [-0.15, -0.1) is 0 Å². The highest BCUT2D eigenvalue weighted by atomic mass is 79.9. The fourth-order valence-electron chi connectivity index (χ4n) is 3.92. The predicted molar refractivity (Wildman–Crippen MR) is 150 cm³/mol. The highest BCUT2D eigenvalue weighted by Gasteiger charge is 2.19. The molecule has 0 saturated carbocycles. The summed E-state index contributed by atoms with van der Waals surface area (Å²) in [5.74, 6) is 1.95. The van der Waals surface area contributed by atoms with E-state index >= 15 is 0 Å². The van der Waals surface area contributed by atoms with Crippen LogP contribution in [0.15, 0.2) is 77.9 Å². The molecule has 2 heterocycles. The van der Waals surface area contributed by atoms with Crippen molar-refractivity contribution in [1.29, 1.82) is 5.26 Å². The number of ether oxygens (including phenoxy) is 3. The number of hydrogen-bond donors (Lipinski definition) is 0. The van der Waals surface area contributed by atoms with E-state index in [0.29, 0.717) is 54.0 Å². The zero-order chi connectivity index (χ0) is 26.8. The van der Waals surface area contributed by atoms with Gasteiger partial charge in [0.05, 0.1) is 41.2 Å². The van der Waals surface area contributed by atoms with Crippen molar-refractivity contribution in [2.24, 2.45) is 5.10 Å². The number of halogens is 2. The average Bonchev–Trinajstić information content (AvgIpc) is 3.38. The predicted octanol–water partition coefficient (Wildman–Crippen LogP) is 6.14. The summed E-state index contributed by atoms with van der Waals surface area (Å²) < 4.78 is 24.8. The smallest absolute Gasteiger partial charge is 0.282 e. The van der Waals surface area contributed by atoms with Crippen molar-refractivity contribution in [3.8, 4) is 34.9 Å². The first-order valence-corrected chi connectivity index (χ1v) is 12.7. The lowest BCUT2D eigenvalue weighted by molar-refractivity contribution is 0.327. The van der Waals surface area contributed by atoms with E-state index in [-0.39, 0.29) is 18.0 Å². The molecule has 11 heteroatoms. The van der Waals surface area contributed by atoms with Crippen LogP contribution in [0.25, 0.3) is 33.5 Å². The molecule has 0 atom stereocenters. The molecule has 38 heavy (non-hydrogen) atoms. The molecule has 190 valence electrons.